The molecule has 1 aromatic heterocycles. The second-order valence-corrected chi connectivity index (χ2v) is 6.54. The standard InChI is InChI=1S/C19H20N2O2S/c1-13(22)20-11-12-24-19-16-5-3-4-6-17(16)21-18(19)14-7-9-15(23-2)10-8-14/h3-10,21H,11-12H2,1-2H3,(H,20,22). The summed E-state index contributed by atoms with van der Waals surface area (Å²) in [5, 5.41) is 4.05. The largest absolute Gasteiger partial charge is 0.497 e. The lowest BCUT2D eigenvalue weighted by molar-refractivity contribution is -0.118. The van der Waals surface area contributed by atoms with Crippen molar-refractivity contribution in [1.82, 2.24) is 10.3 Å². The van der Waals surface area contributed by atoms with E-state index < -0.39 is 0 Å². The normalized spacial score (nSPS) is 10.8. The van der Waals surface area contributed by atoms with E-state index in [0.29, 0.717) is 6.54 Å². The number of methoxy groups -OCH3 is 1. The lowest BCUT2D eigenvalue weighted by Gasteiger charge is -2.07. The fourth-order valence-corrected chi connectivity index (χ4v) is 3.66. The highest BCUT2D eigenvalue weighted by molar-refractivity contribution is 7.99. The molecule has 0 bridgehead atoms. The Morgan fingerprint density at radius 3 is 2.62 bits per heavy atom. The van der Waals surface area contributed by atoms with Gasteiger partial charge in [0.1, 0.15) is 5.75 Å². The Bertz CT molecular complexity index is 840. The van der Waals surface area contributed by atoms with Crippen LogP contribution in [0.4, 0.5) is 0 Å². The molecule has 0 saturated carbocycles. The van der Waals surface area contributed by atoms with Gasteiger partial charge in [0.25, 0.3) is 0 Å². The number of thioether (sulfide) groups is 1. The van der Waals surface area contributed by atoms with E-state index in [1.807, 2.05) is 24.3 Å². The van der Waals surface area contributed by atoms with Crippen LogP contribution < -0.4 is 10.1 Å². The summed E-state index contributed by atoms with van der Waals surface area (Å²) in [6.07, 6.45) is 0. The smallest absolute Gasteiger partial charge is 0.216 e. The average Bonchev–Trinajstić information content (AvgIpc) is 2.97. The number of fused-ring (bicyclic) bond motifs is 1. The number of nitrogens with one attached hydrogen (secondary N) is 2. The Labute approximate surface area is 145 Å². The van der Waals surface area contributed by atoms with Gasteiger partial charge in [-0.2, -0.15) is 0 Å². The van der Waals surface area contributed by atoms with Crippen molar-refractivity contribution in [3.8, 4) is 17.0 Å². The number of ether oxygens (including phenoxy) is 1. The fourth-order valence-electron chi connectivity index (χ4n) is 2.61. The summed E-state index contributed by atoms with van der Waals surface area (Å²) >= 11 is 1.75. The van der Waals surface area contributed by atoms with Gasteiger partial charge in [-0.25, -0.2) is 0 Å². The van der Waals surface area contributed by atoms with Crippen LogP contribution in [0, 0.1) is 0 Å². The van der Waals surface area contributed by atoms with E-state index in [4.69, 9.17) is 4.74 Å². The van der Waals surface area contributed by atoms with Gasteiger partial charge in [-0.1, -0.05) is 18.2 Å². The van der Waals surface area contributed by atoms with Crippen molar-refractivity contribution in [2.75, 3.05) is 19.4 Å². The summed E-state index contributed by atoms with van der Waals surface area (Å²) in [5.41, 5.74) is 3.34. The van der Waals surface area contributed by atoms with Crippen molar-refractivity contribution in [2.45, 2.75) is 11.8 Å². The average molecular weight is 340 g/mol. The summed E-state index contributed by atoms with van der Waals surface area (Å²) in [6.45, 7) is 2.20. The number of rotatable bonds is 6. The summed E-state index contributed by atoms with van der Waals surface area (Å²) < 4.78 is 5.24. The molecule has 0 aliphatic heterocycles. The van der Waals surface area contributed by atoms with Gasteiger partial charge >= 0.3 is 0 Å². The van der Waals surface area contributed by atoms with E-state index in [9.17, 15) is 4.79 Å². The third kappa shape index (κ3) is 3.57. The second-order valence-electron chi connectivity index (χ2n) is 5.43. The number of carbonyl (C=O) groups is 1. The SMILES string of the molecule is COc1ccc(-c2[nH]c3ccccc3c2SCCNC(C)=O)cc1. The van der Waals surface area contributed by atoms with E-state index in [1.165, 1.54) is 10.3 Å². The third-order valence-electron chi connectivity index (χ3n) is 3.76. The number of aromatic nitrogens is 1. The molecule has 2 N–H and O–H groups in total. The fraction of sp³-hybridized carbons (Fsp3) is 0.211. The van der Waals surface area contributed by atoms with Crippen molar-refractivity contribution < 1.29 is 9.53 Å². The van der Waals surface area contributed by atoms with Crippen LogP contribution in [0.5, 0.6) is 5.75 Å². The molecule has 5 heteroatoms. The van der Waals surface area contributed by atoms with E-state index in [1.54, 1.807) is 25.8 Å². The van der Waals surface area contributed by atoms with Gasteiger partial charge in [0, 0.05) is 35.0 Å². The van der Waals surface area contributed by atoms with Gasteiger partial charge in [-0.15, -0.1) is 11.8 Å². The van der Waals surface area contributed by atoms with Gasteiger partial charge in [-0.05, 0) is 35.9 Å². The van der Waals surface area contributed by atoms with Crippen LogP contribution in [0.25, 0.3) is 22.2 Å². The topological polar surface area (TPSA) is 54.1 Å². The molecule has 1 amide bonds. The molecule has 2 aromatic carbocycles. The molecule has 0 unspecified atom stereocenters. The molecule has 0 saturated heterocycles. The highest BCUT2D eigenvalue weighted by Gasteiger charge is 2.13. The van der Waals surface area contributed by atoms with E-state index in [0.717, 1.165) is 28.3 Å². The first-order valence-electron chi connectivity index (χ1n) is 7.81. The molecular formula is C19H20N2O2S. The molecule has 0 fully saturated rings. The highest BCUT2D eigenvalue weighted by atomic mass is 32.2. The summed E-state index contributed by atoms with van der Waals surface area (Å²) in [6, 6.07) is 16.3. The van der Waals surface area contributed by atoms with E-state index >= 15 is 0 Å². The first-order chi connectivity index (χ1) is 11.7. The number of benzene rings is 2. The van der Waals surface area contributed by atoms with Crippen LogP contribution >= 0.6 is 11.8 Å². The van der Waals surface area contributed by atoms with Crippen LogP contribution in [-0.2, 0) is 4.79 Å². The van der Waals surface area contributed by atoms with E-state index in [2.05, 4.69) is 34.6 Å². The molecule has 124 valence electrons. The summed E-state index contributed by atoms with van der Waals surface area (Å²) in [4.78, 5) is 15.8. The molecule has 3 aromatic rings. The molecule has 24 heavy (non-hydrogen) atoms. The Morgan fingerprint density at radius 1 is 1.17 bits per heavy atom. The number of hydrogen-bond acceptors (Lipinski definition) is 3. The minimum absolute atomic E-state index is 0.00454. The first kappa shape index (κ1) is 16.5. The van der Waals surface area contributed by atoms with Crippen LogP contribution in [0.3, 0.4) is 0 Å². The number of hydrogen-bond donors (Lipinski definition) is 2. The van der Waals surface area contributed by atoms with Crippen molar-refractivity contribution in [2.24, 2.45) is 0 Å². The van der Waals surface area contributed by atoms with Gasteiger partial charge in [0.15, 0.2) is 0 Å². The quantitative estimate of drug-likeness (QED) is 0.525. The van der Waals surface area contributed by atoms with E-state index in [-0.39, 0.29) is 5.91 Å². The second kappa shape index (κ2) is 7.45. The molecule has 0 radical (unpaired) electrons. The van der Waals surface area contributed by atoms with Crippen LogP contribution in [0.15, 0.2) is 53.4 Å². The molecule has 1 heterocycles. The van der Waals surface area contributed by atoms with Crippen LogP contribution in [-0.4, -0.2) is 30.3 Å². The zero-order valence-corrected chi connectivity index (χ0v) is 14.6. The van der Waals surface area contributed by atoms with Crippen molar-refractivity contribution in [3.05, 3.63) is 48.5 Å². The predicted molar refractivity (Wildman–Crippen MR) is 99.7 cm³/mol. The zero-order valence-electron chi connectivity index (χ0n) is 13.8. The molecule has 0 atom stereocenters. The predicted octanol–water partition coefficient (Wildman–Crippen LogP) is 4.07. The number of aromatic amines is 1. The Morgan fingerprint density at radius 2 is 1.92 bits per heavy atom. The zero-order chi connectivity index (χ0) is 16.9. The molecule has 3 rings (SSSR count). The number of amides is 1. The first-order valence-corrected chi connectivity index (χ1v) is 8.80. The van der Waals surface area contributed by atoms with Crippen molar-refractivity contribution >= 4 is 28.6 Å². The number of carbonyl (C=O) groups excluding carboxylic acids is 1. The maximum Gasteiger partial charge on any atom is 0.216 e. The van der Waals surface area contributed by atoms with Crippen molar-refractivity contribution in [1.29, 1.82) is 0 Å². The van der Waals surface area contributed by atoms with Crippen molar-refractivity contribution in [3.63, 3.8) is 0 Å². The van der Waals surface area contributed by atoms with Crippen LogP contribution in [0.2, 0.25) is 0 Å². The van der Waals surface area contributed by atoms with Crippen LogP contribution in [0.1, 0.15) is 6.92 Å². The van der Waals surface area contributed by atoms with Gasteiger partial charge in [0.2, 0.25) is 5.91 Å². The molecule has 0 spiro atoms. The monoisotopic (exact) mass is 340 g/mol. The van der Waals surface area contributed by atoms with Gasteiger partial charge in [-0.3, -0.25) is 4.79 Å². The lowest BCUT2D eigenvalue weighted by Crippen LogP contribution is -2.22. The molecule has 4 nitrogen and oxygen atoms in total. The highest BCUT2D eigenvalue weighted by Crippen LogP contribution is 2.37. The number of H-pyrrole nitrogens is 1. The molecule has 0 aliphatic rings. The molecular weight excluding hydrogens is 320 g/mol. The summed E-state index contributed by atoms with van der Waals surface area (Å²) in [5.74, 6) is 1.67. The maximum absolute atomic E-state index is 11.0. The Kier molecular flexibility index (Phi) is 5.11. The minimum atomic E-state index is 0.00454. The third-order valence-corrected chi connectivity index (χ3v) is 4.88. The van der Waals surface area contributed by atoms with Gasteiger partial charge < -0.3 is 15.0 Å². The Balaban J connectivity index is 1.93. The maximum atomic E-state index is 11.0. The number of para-hydroxylation sites is 1. The molecule has 0 aliphatic carbocycles. The summed E-state index contributed by atoms with van der Waals surface area (Å²) in [7, 11) is 1.67. The lowest BCUT2D eigenvalue weighted by atomic mass is 10.1. The van der Waals surface area contributed by atoms with Gasteiger partial charge in [0.05, 0.1) is 12.8 Å². The Hall–Kier alpha value is -2.40. The minimum Gasteiger partial charge on any atom is -0.497 e.